The second-order valence-electron chi connectivity index (χ2n) is 17.2. The summed E-state index contributed by atoms with van der Waals surface area (Å²) in [6.45, 7) is 2.58. The molecule has 0 bridgehead atoms. The van der Waals surface area contributed by atoms with Gasteiger partial charge in [-0.05, 0) is 77.0 Å². The standard InChI is InChI=1S/C52H87NO13/c1-3-5-7-9-11-13-15-16-17-18-19-20-21-22-23-24-26-28-30-32-34-36-44(57)53-40(41(56)35-33-31-29-27-25-14-12-10-8-6-4-2)39-63-51-49(62)47(60)50(43(38-55)65-51)66-52-48(61)46(59)45(58)42(37-54)64-52/h5,7,11,13,16-17,19-20,22-23,25,27,33,35,40-43,45-52,54-56,58-62H,3-4,6,8-10,12,14-15,18,21,24,26,28-32,34,36-39H2,1-2H3,(H,53,57)/b7-5-,13-11-,17-16-,20-19-,23-22-,27-25+,35-33+. The fourth-order valence-corrected chi connectivity index (χ4v) is 7.51. The van der Waals surface area contributed by atoms with Crippen LogP contribution in [0, 0.1) is 0 Å². The van der Waals surface area contributed by atoms with Gasteiger partial charge in [0.15, 0.2) is 12.6 Å². The smallest absolute Gasteiger partial charge is 0.220 e. The molecule has 2 aliphatic heterocycles. The molecule has 14 heteroatoms. The van der Waals surface area contributed by atoms with Crippen molar-refractivity contribution in [3.8, 4) is 0 Å². The maximum atomic E-state index is 13.1. The molecule has 2 fully saturated rings. The van der Waals surface area contributed by atoms with E-state index >= 15 is 0 Å². The van der Waals surface area contributed by atoms with Gasteiger partial charge in [-0.1, -0.05) is 144 Å². The number of ether oxygens (including phenoxy) is 4. The molecule has 1 amide bonds. The van der Waals surface area contributed by atoms with Gasteiger partial charge in [0.2, 0.25) is 5.91 Å². The number of carbonyl (C=O) groups excluding carboxylic acids is 1. The van der Waals surface area contributed by atoms with Crippen LogP contribution in [-0.2, 0) is 23.7 Å². The topological polar surface area (TPSA) is 228 Å². The van der Waals surface area contributed by atoms with Gasteiger partial charge in [0.05, 0.1) is 32.0 Å². The first kappa shape index (κ1) is 59.3. The molecule has 378 valence electrons. The van der Waals surface area contributed by atoms with E-state index in [9.17, 15) is 45.6 Å². The van der Waals surface area contributed by atoms with Crippen molar-refractivity contribution in [3.05, 3.63) is 85.1 Å². The third-order valence-corrected chi connectivity index (χ3v) is 11.6. The number of rotatable bonds is 36. The number of allylic oxidation sites excluding steroid dienone is 13. The molecule has 0 aromatic rings. The summed E-state index contributed by atoms with van der Waals surface area (Å²) in [6.07, 6.45) is 32.0. The van der Waals surface area contributed by atoms with Crippen LogP contribution in [0.15, 0.2) is 85.1 Å². The van der Waals surface area contributed by atoms with Crippen molar-refractivity contribution in [2.24, 2.45) is 0 Å². The minimum atomic E-state index is -1.80. The maximum absolute atomic E-state index is 13.1. The number of carbonyl (C=O) groups is 1. The monoisotopic (exact) mass is 934 g/mol. The highest BCUT2D eigenvalue weighted by Gasteiger charge is 2.51. The first-order valence-corrected chi connectivity index (χ1v) is 24.8. The largest absolute Gasteiger partial charge is 0.394 e. The van der Waals surface area contributed by atoms with Crippen molar-refractivity contribution in [1.29, 1.82) is 0 Å². The maximum Gasteiger partial charge on any atom is 0.220 e. The van der Waals surface area contributed by atoms with Crippen LogP contribution in [0.3, 0.4) is 0 Å². The van der Waals surface area contributed by atoms with Crippen LogP contribution >= 0.6 is 0 Å². The van der Waals surface area contributed by atoms with E-state index in [0.29, 0.717) is 12.8 Å². The molecule has 0 aliphatic carbocycles. The fourth-order valence-electron chi connectivity index (χ4n) is 7.51. The Hall–Kier alpha value is -2.83. The van der Waals surface area contributed by atoms with Crippen LogP contribution in [0.25, 0.3) is 0 Å². The second kappa shape index (κ2) is 38.1. The summed E-state index contributed by atoms with van der Waals surface area (Å²) in [7, 11) is 0. The number of aliphatic hydroxyl groups excluding tert-OH is 8. The van der Waals surface area contributed by atoms with Crippen LogP contribution in [0.1, 0.15) is 142 Å². The number of nitrogens with one attached hydrogen (secondary N) is 1. The van der Waals surface area contributed by atoms with Gasteiger partial charge in [-0.25, -0.2) is 0 Å². The second-order valence-corrected chi connectivity index (χ2v) is 17.2. The Bertz CT molecular complexity index is 1430. The molecular formula is C52H87NO13. The van der Waals surface area contributed by atoms with E-state index in [4.69, 9.17) is 18.9 Å². The fraction of sp³-hybridized carbons (Fsp3) is 0.712. The molecule has 66 heavy (non-hydrogen) atoms. The van der Waals surface area contributed by atoms with Crippen molar-refractivity contribution in [2.45, 2.75) is 216 Å². The molecule has 14 nitrogen and oxygen atoms in total. The highest BCUT2D eigenvalue weighted by Crippen LogP contribution is 2.30. The van der Waals surface area contributed by atoms with Crippen molar-refractivity contribution < 1.29 is 64.6 Å². The summed E-state index contributed by atoms with van der Waals surface area (Å²) >= 11 is 0. The molecule has 2 rings (SSSR count). The molecule has 2 heterocycles. The highest BCUT2D eigenvalue weighted by atomic mass is 16.7. The van der Waals surface area contributed by atoms with E-state index < -0.39 is 86.8 Å². The lowest BCUT2D eigenvalue weighted by atomic mass is 9.97. The van der Waals surface area contributed by atoms with E-state index in [0.717, 1.165) is 77.0 Å². The third-order valence-electron chi connectivity index (χ3n) is 11.6. The average molecular weight is 934 g/mol. The summed E-state index contributed by atoms with van der Waals surface area (Å²) in [4.78, 5) is 13.1. The number of hydrogen-bond acceptors (Lipinski definition) is 13. The van der Waals surface area contributed by atoms with Crippen molar-refractivity contribution in [3.63, 3.8) is 0 Å². The predicted molar refractivity (Wildman–Crippen MR) is 258 cm³/mol. The van der Waals surface area contributed by atoms with Crippen LogP contribution < -0.4 is 5.32 Å². The summed E-state index contributed by atoms with van der Waals surface area (Å²) in [5.74, 6) is -0.275. The van der Waals surface area contributed by atoms with Crippen molar-refractivity contribution in [1.82, 2.24) is 5.32 Å². The van der Waals surface area contributed by atoms with Gasteiger partial charge in [-0.15, -0.1) is 0 Å². The summed E-state index contributed by atoms with van der Waals surface area (Å²) in [5.41, 5.74) is 0. The molecule has 0 saturated carbocycles. The zero-order valence-electron chi connectivity index (χ0n) is 39.9. The zero-order chi connectivity index (χ0) is 48.2. The Morgan fingerprint density at radius 3 is 1.67 bits per heavy atom. The third kappa shape index (κ3) is 25.0. The van der Waals surface area contributed by atoms with Gasteiger partial charge >= 0.3 is 0 Å². The normalized spacial score (nSPS) is 27.5. The Labute approximate surface area is 395 Å². The van der Waals surface area contributed by atoms with Gasteiger partial charge in [0.1, 0.15) is 48.8 Å². The Kier molecular flexibility index (Phi) is 34.2. The molecule has 0 spiro atoms. The lowest BCUT2D eigenvalue weighted by Gasteiger charge is -2.46. The van der Waals surface area contributed by atoms with Crippen LogP contribution in [-0.4, -0.2) is 140 Å². The van der Waals surface area contributed by atoms with E-state index in [1.54, 1.807) is 6.08 Å². The quantitative estimate of drug-likeness (QED) is 0.0252. The van der Waals surface area contributed by atoms with Gasteiger partial charge < -0.3 is 65.1 Å². The Morgan fingerprint density at radius 1 is 0.561 bits per heavy atom. The Morgan fingerprint density at radius 2 is 1.06 bits per heavy atom. The van der Waals surface area contributed by atoms with Crippen LogP contribution in [0.4, 0.5) is 0 Å². The molecule has 0 aromatic heterocycles. The number of aliphatic hydroxyl groups is 8. The number of amides is 1. The first-order chi connectivity index (χ1) is 32.1. The van der Waals surface area contributed by atoms with E-state index in [-0.39, 0.29) is 18.9 Å². The molecule has 9 N–H and O–H groups in total. The molecule has 0 aromatic carbocycles. The molecule has 12 unspecified atom stereocenters. The summed E-state index contributed by atoms with van der Waals surface area (Å²) in [5, 5.41) is 86.6. The average Bonchev–Trinajstić information content (AvgIpc) is 3.31. The number of unbranched alkanes of at least 4 members (excludes halogenated alkanes) is 11. The lowest BCUT2D eigenvalue weighted by Crippen LogP contribution is -2.65. The molecule has 2 saturated heterocycles. The van der Waals surface area contributed by atoms with Gasteiger partial charge in [-0.2, -0.15) is 0 Å². The van der Waals surface area contributed by atoms with Gasteiger partial charge in [0, 0.05) is 6.42 Å². The minimum absolute atomic E-state index is 0.246. The van der Waals surface area contributed by atoms with Crippen LogP contribution in [0.2, 0.25) is 0 Å². The predicted octanol–water partition coefficient (Wildman–Crippen LogP) is 6.21. The van der Waals surface area contributed by atoms with Crippen molar-refractivity contribution in [2.75, 3.05) is 19.8 Å². The minimum Gasteiger partial charge on any atom is -0.394 e. The van der Waals surface area contributed by atoms with Crippen LogP contribution in [0.5, 0.6) is 0 Å². The Balaban J connectivity index is 1.85. The molecular weight excluding hydrogens is 847 g/mol. The summed E-state index contributed by atoms with van der Waals surface area (Å²) < 4.78 is 22.6. The van der Waals surface area contributed by atoms with Gasteiger partial charge in [0.25, 0.3) is 0 Å². The SMILES string of the molecule is CC/C=C\C/C=C\C/C=C\C/C=C\C/C=C\CCCCCCCC(=O)NC(COC1OC(CO)C(OC2OC(CO)C(O)C(O)C2O)C(O)C1O)C(O)/C=C/CC/C=C/CCCCCCC. The summed E-state index contributed by atoms with van der Waals surface area (Å²) in [6, 6.07) is -0.945. The molecule has 2 aliphatic rings. The van der Waals surface area contributed by atoms with Gasteiger partial charge in [-0.3, -0.25) is 4.79 Å². The van der Waals surface area contributed by atoms with E-state index in [2.05, 4.69) is 92.1 Å². The number of hydrogen-bond donors (Lipinski definition) is 9. The zero-order valence-corrected chi connectivity index (χ0v) is 39.9. The molecule has 12 atom stereocenters. The molecule has 0 radical (unpaired) electrons. The first-order valence-electron chi connectivity index (χ1n) is 24.8. The van der Waals surface area contributed by atoms with E-state index in [1.165, 1.54) is 32.1 Å². The van der Waals surface area contributed by atoms with Crippen molar-refractivity contribution >= 4 is 5.91 Å². The lowest BCUT2D eigenvalue weighted by molar-refractivity contribution is -0.359. The highest BCUT2D eigenvalue weighted by molar-refractivity contribution is 5.76. The van der Waals surface area contributed by atoms with E-state index in [1.807, 2.05) is 6.08 Å².